The summed E-state index contributed by atoms with van der Waals surface area (Å²) in [7, 11) is 0. The van der Waals surface area contributed by atoms with E-state index < -0.39 is 29.8 Å². The van der Waals surface area contributed by atoms with E-state index in [2.05, 4.69) is 4.98 Å². The fraction of sp³-hybridized carbons (Fsp3) is 0.368. The number of aliphatic carboxylic acids is 1. The van der Waals surface area contributed by atoms with Crippen LogP contribution in [0.5, 0.6) is 0 Å². The monoisotopic (exact) mass is 364 g/mol. The quantitative estimate of drug-likeness (QED) is 0.889. The van der Waals surface area contributed by atoms with Gasteiger partial charge < -0.3 is 5.11 Å². The van der Waals surface area contributed by atoms with E-state index in [0.717, 1.165) is 11.6 Å². The number of aromatic nitrogens is 1. The summed E-state index contributed by atoms with van der Waals surface area (Å²) in [6, 6.07) is 7.13. The minimum Gasteiger partial charge on any atom is -0.480 e. The number of carboxylic acids is 1. The van der Waals surface area contributed by atoms with Crippen LogP contribution in [0.25, 0.3) is 0 Å². The Kier molecular flexibility index (Phi) is 5.00. The van der Waals surface area contributed by atoms with E-state index in [0.29, 0.717) is 25.1 Å². The molecular weight excluding hydrogens is 345 g/mol. The molecule has 1 fully saturated rings. The Morgan fingerprint density at radius 2 is 2.00 bits per heavy atom. The predicted octanol–water partition coefficient (Wildman–Crippen LogP) is 4.05. The lowest BCUT2D eigenvalue weighted by Crippen LogP contribution is -2.40. The fourth-order valence-corrected chi connectivity index (χ4v) is 3.62. The number of alkyl halides is 3. The van der Waals surface area contributed by atoms with Crippen molar-refractivity contribution in [2.75, 3.05) is 6.54 Å². The van der Waals surface area contributed by atoms with E-state index in [1.807, 2.05) is 0 Å². The number of aryl methyl sites for hydroxylation is 1. The minimum atomic E-state index is -4.53. The van der Waals surface area contributed by atoms with Crippen LogP contribution in [0.3, 0.4) is 0 Å². The van der Waals surface area contributed by atoms with Gasteiger partial charge in [-0.2, -0.15) is 13.2 Å². The second-order valence-electron chi connectivity index (χ2n) is 6.43. The van der Waals surface area contributed by atoms with Gasteiger partial charge in [-0.25, -0.2) is 0 Å². The zero-order chi connectivity index (χ0) is 18.9. The molecule has 3 rings (SSSR count). The zero-order valence-corrected chi connectivity index (χ0v) is 14.2. The highest BCUT2D eigenvalue weighted by Gasteiger charge is 2.42. The van der Waals surface area contributed by atoms with E-state index in [1.54, 1.807) is 30.0 Å². The number of halogens is 3. The molecule has 0 amide bonds. The fourth-order valence-electron chi connectivity index (χ4n) is 3.62. The van der Waals surface area contributed by atoms with Crippen LogP contribution in [-0.4, -0.2) is 33.5 Å². The van der Waals surface area contributed by atoms with Crippen LogP contribution >= 0.6 is 0 Å². The number of hydrogen-bond donors (Lipinski definition) is 1. The molecule has 2 unspecified atom stereocenters. The van der Waals surface area contributed by atoms with Crippen molar-refractivity contribution in [3.8, 4) is 0 Å². The van der Waals surface area contributed by atoms with Gasteiger partial charge in [-0.1, -0.05) is 24.3 Å². The maximum Gasteiger partial charge on any atom is 0.416 e. The normalized spacial score (nSPS) is 19.5. The van der Waals surface area contributed by atoms with Crippen molar-refractivity contribution in [3.63, 3.8) is 0 Å². The molecular formula is C19H19F3N2O2. The summed E-state index contributed by atoms with van der Waals surface area (Å²) in [5, 5.41) is 9.54. The molecule has 0 saturated carbocycles. The number of carboxylic acid groups (broad SMARTS) is 1. The highest BCUT2D eigenvalue weighted by molar-refractivity contribution is 5.74. The maximum atomic E-state index is 13.6. The number of hydrogen-bond acceptors (Lipinski definition) is 3. The lowest BCUT2D eigenvalue weighted by atomic mass is 9.93. The largest absolute Gasteiger partial charge is 0.480 e. The molecule has 2 heterocycles. The van der Waals surface area contributed by atoms with Crippen molar-refractivity contribution in [2.45, 2.75) is 38.0 Å². The molecule has 2 aromatic rings. The Morgan fingerprint density at radius 1 is 1.27 bits per heavy atom. The summed E-state index contributed by atoms with van der Waals surface area (Å²) in [6.45, 7) is 2.18. The molecule has 138 valence electrons. The minimum absolute atomic E-state index is 0.0370. The molecule has 1 aromatic heterocycles. The van der Waals surface area contributed by atoms with Crippen LogP contribution in [0, 0.1) is 6.92 Å². The van der Waals surface area contributed by atoms with Gasteiger partial charge in [0, 0.05) is 12.7 Å². The number of carbonyl (C=O) groups is 1. The number of nitrogens with zero attached hydrogens (tertiary/aromatic N) is 2. The van der Waals surface area contributed by atoms with Gasteiger partial charge in [0.2, 0.25) is 0 Å². The van der Waals surface area contributed by atoms with Crippen LogP contribution in [0.1, 0.15) is 41.3 Å². The smallest absolute Gasteiger partial charge is 0.416 e. The first-order chi connectivity index (χ1) is 12.3. The second-order valence-corrected chi connectivity index (χ2v) is 6.43. The third-order valence-corrected chi connectivity index (χ3v) is 4.78. The van der Waals surface area contributed by atoms with Crippen molar-refractivity contribution in [3.05, 3.63) is 65.0 Å². The summed E-state index contributed by atoms with van der Waals surface area (Å²) in [6.07, 6.45) is -1.98. The Balaban J connectivity index is 2.20. The van der Waals surface area contributed by atoms with Crippen LogP contribution in [0.2, 0.25) is 0 Å². The van der Waals surface area contributed by atoms with Crippen LogP contribution < -0.4 is 0 Å². The van der Waals surface area contributed by atoms with E-state index in [4.69, 9.17) is 0 Å². The van der Waals surface area contributed by atoms with Gasteiger partial charge in [0.25, 0.3) is 0 Å². The lowest BCUT2D eigenvalue weighted by molar-refractivity contribution is -0.143. The summed E-state index contributed by atoms with van der Waals surface area (Å²) in [4.78, 5) is 17.6. The summed E-state index contributed by atoms with van der Waals surface area (Å²) < 4.78 is 40.8. The Labute approximate surface area is 149 Å². The summed E-state index contributed by atoms with van der Waals surface area (Å²) in [5.41, 5.74) is 0.462. The molecule has 2 atom stereocenters. The topological polar surface area (TPSA) is 53.4 Å². The van der Waals surface area contributed by atoms with Crippen molar-refractivity contribution in [2.24, 2.45) is 0 Å². The molecule has 7 heteroatoms. The SMILES string of the molecule is Cc1cccnc1C(c1ccccc1C(F)(F)F)N1CCCC1C(=O)O. The van der Waals surface area contributed by atoms with Gasteiger partial charge in [-0.05, 0) is 43.0 Å². The number of rotatable bonds is 4. The molecule has 4 nitrogen and oxygen atoms in total. The third-order valence-electron chi connectivity index (χ3n) is 4.78. The number of benzene rings is 1. The second kappa shape index (κ2) is 7.07. The van der Waals surface area contributed by atoms with Crippen molar-refractivity contribution < 1.29 is 23.1 Å². The van der Waals surface area contributed by atoms with Gasteiger partial charge in [0.15, 0.2) is 0 Å². The molecule has 0 bridgehead atoms. The molecule has 26 heavy (non-hydrogen) atoms. The first-order valence-corrected chi connectivity index (χ1v) is 8.37. The molecule has 1 aliphatic heterocycles. The molecule has 1 saturated heterocycles. The van der Waals surface area contributed by atoms with Gasteiger partial charge in [0.05, 0.1) is 17.3 Å². The average Bonchev–Trinajstić information content (AvgIpc) is 3.06. The Hall–Kier alpha value is -2.41. The lowest BCUT2D eigenvalue weighted by Gasteiger charge is -2.33. The van der Waals surface area contributed by atoms with Gasteiger partial charge in [-0.15, -0.1) is 0 Å². The molecule has 0 aliphatic carbocycles. The van der Waals surface area contributed by atoms with E-state index in [9.17, 15) is 23.1 Å². The molecule has 1 aliphatic rings. The van der Waals surface area contributed by atoms with Crippen LogP contribution in [0.4, 0.5) is 13.2 Å². The highest BCUT2D eigenvalue weighted by Crippen LogP contribution is 2.41. The molecule has 0 spiro atoms. The van der Waals surface area contributed by atoms with Crippen molar-refractivity contribution >= 4 is 5.97 Å². The predicted molar refractivity (Wildman–Crippen MR) is 89.6 cm³/mol. The van der Waals surface area contributed by atoms with E-state index in [-0.39, 0.29) is 5.56 Å². The number of likely N-dealkylation sites (tertiary alicyclic amines) is 1. The first-order valence-electron chi connectivity index (χ1n) is 8.37. The summed E-state index contributed by atoms with van der Waals surface area (Å²) >= 11 is 0. The highest BCUT2D eigenvalue weighted by atomic mass is 19.4. The van der Waals surface area contributed by atoms with Gasteiger partial charge in [0.1, 0.15) is 6.04 Å². The first kappa shape index (κ1) is 18.4. The molecule has 0 radical (unpaired) electrons. The van der Waals surface area contributed by atoms with E-state index in [1.165, 1.54) is 18.3 Å². The van der Waals surface area contributed by atoms with Gasteiger partial charge in [-0.3, -0.25) is 14.7 Å². The van der Waals surface area contributed by atoms with Gasteiger partial charge >= 0.3 is 12.1 Å². The van der Waals surface area contributed by atoms with E-state index >= 15 is 0 Å². The van der Waals surface area contributed by atoms with Crippen molar-refractivity contribution in [1.82, 2.24) is 9.88 Å². The molecule has 1 aromatic carbocycles. The Bertz CT molecular complexity index is 807. The average molecular weight is 364 g/mol. The third kappa shape index (κ3) is 3.44. The number of pyridine rings is 1. The van der Waals surface area contributed by atoms with Crippen LogP contribution in [-0.2, 0) is 11.0 Å². The van der Waals surface area contributed by atoms with Crippen molar-refractivity contribution in [1.29, 1.82) is 0 Å². The molecule has 1 N–H and O–H groups in total. The maximum absolute atomic E-state index is 13.6. The Morgan fingerprint density at radius 3 is 2.65 bits per heavy atom. The van der Waals surface area contributed by atoms with Crippen LogP contribution in [0.15, 0.2) is 42.6 Å². The zero-order valence-electron chi connectivity index (χ0n) is 14.2. The standard InChI is InChI=1S/C19H19F3N2O2/c1-12-6-4-10-23-16(12)17(24-11-5-9-15(24)18(25)26)13-7-2-3-8-14(13)19(20,21)22/h2-4,6-8,10,15,17H,5,9,11H2,1H3,(H,25,26). The summed E-state index contributed by atoms with van der Waals surface area (Å²) in [5.74, 6) is -1.02.